The number of rotatable bonds is 9. The van der Waals surface area contributed by atoms with Crippen LogP contribution in [0.25, 0.3) is 0 Å². The van der Waals surface area contributed by atoms with E-state index in [-0.39, 0.29) is 6.03 Å². The molecule has 1 heterocycles. The Morgan fingerprint density at radius 3 is 2.43 bits per heavy atom. The van der Waals surface area contributed by atoms with Gasteiger partial charge in [0.2, 0.25) is 0 Å². The molecule has 0 atom stereocenters. The van der Waals surface area contributed by atoms with Gasteiger partial charge in [0.15, 0.2) is 0 Å². The van der Waals surface area contributed by atoms with E-state index in [1.807, 2.05) is 36.5 Å². The third kappa shape index (κ3) is 5.87. The molecule has 2 amide bonds. The lowest BCUT2D eigenvalue weighted by Gasteiger charge is -2.24. The van der Waals surface area contributed by atoms with Crippen molar-refractivity contribution >= 4 is 11.7 Å². The number of nitrogens with zero attached hydrogens (tertiary/aromatic N) is 2. The number of nitrogens with one attached hydrogen (secondary N) is 1. The summed E-state index contributed by atoms with van der Waals surface area (Å²) in [7, 11) is 3.26. The standard InChI is InChI=1S/C24H29N3O3/c1-19-6-8-20(9-7-19)17-26-14-4-5-22(26)18-27(15-16-29-2)24(28)25-21-10-12-23(30-3)13-11-21/h4-14H,15-18H2,1-3H3,(H,25,28). The molecule has 0 spiro atoms. The van der Waals surface area contributed by atoms with Crippen LogP contribution in [-0.2, 0) is 17.8 Å². The summed E-state index contributed by atoms with van der Waals surface area (Å²) < 4.78 is 12.6. The smallest absolute Gasteiger partial charge is 0.322 e. The van der Waals surface area contributed by atoms with Crippen LogP contribution in [0.5, 0.6) is 5.75 Å². The van der Waals surface area contributed by atoms with Gasteiger partial charge in [-0.2, -0.15) is 0 Å². The van der Waals surface area contributed by atoms with Crippen molar-refractivity contribution in [2.45, 2.75) is 20.0 Å². The lowest BCUT2D eigenvalue weighted by Crippen LogP contribution is -2.37. The molecule has 0 fully saturated rings. The third-order valence-electron chi connectivity index (χ3n) is 4.94. The maximum Gasteiger partial charge on any atom is 0.322 e. The average molecular weight is 408 g/mol. The monoisotopic (exact) mass is 407 g/mol. The normalized spacial score (nSPS) is 10.6. The molecule has 6 nitrogen and oxygen atoms in total. The molecule has 0 bridgehead atoms. The number of hydrogen-bond acceptors (Lipinski definition) is 3. The first-order chi connectivity index (χ1) is 14.6. The minimum atomic E-state index is -0.166. The van der Waals surface area contributed by atoms with Crippen molar-refractivity contribution in [3.8, 4) is 5.75 Å². The molecule has 0 aliphatic heterocycles. The van der Waals surface area contributed by atoms with E-state index in [1.54, 1.807) is 19.1 Å². The first kappa shape index (κ1) is 21.5. The van der Waals surface area contributed by atoms with Crippen molar-refractivity contribution in [2.75, 3.05) is 32.7 Å². The fraction of sp³-hybridized carbons (Fsp3) is 0.292. The predicted molar refractivity (Wildman–Crippen MR) is 119 cm³/mol. The summed E-state index contributed by atoms with van der Waals surface area (Å²) >= 11 is 0. The quantitative estimate of drug-likeness (QED) is 0.567. The second kappa shape index (κ2) is 10.5. The van der Waals surface area contributed by atoms with Crippen molar-refractivity contribution in [1.82, 2.24) is 9.47 Å². The molecule has 0 unspecified atom stereocenters. The summed E-state index contributed by atoms with van der Waals surface area (Å²) in [6, 6.07) is 19.7. The van der Waals surface area contributed by atoms with E-state index < -0.39 is 0 Å². The van der Waals surface area contributed by atoms with Crippen LogP contribution < -0.4 is 10.1 Å². The Kier molecular flexibility index (Phi) is 7.51. The van der Waals surface area contributed by atoms with Crippen molar-refractivity contribution in [1.29, 1.82) is 0 Å². The van der Waals surface area contributed by atoms with E-state index in [0.29, 0.717) is 19.7 Å². The zero-order valence-electron chi connectivity index (χ0n) is 17.8. The van der Waals surface area contributed by atoms with E-state index in [9.17, 15) is 4.79 Å². The number of ether oxygens (including phenoxy) is 2. The second-order valence-corrected chi connectivity index (χ2v) is 7.19. The molecule has 0 aliphatic rings. The second-order valence-electron chi connectivity index (χ2n) is 7.19. The number of carbonyl (C=O) groups excluding carboxylic acids is 1. The minimum Gasteiger partial charge on any atom is -0.497 e. The molecular formula is C24H29N3O3. The Morgan fingerprint density at radius 1 is 1.03 bits per heavy atom. The van der Waals surface area contributed by atoms with Gasteiger partial charge >= 0.3 is 6.03 Å². The highest BCUT2D eigenvalue weighted by Crippen LogP contribution is 2.17. The van der Waals surface area contributed by atoms with E-state index in [4.69, 9.17) is 9.47 Å². The summed E-state index contributed by atoms with van der Waals surface area (Å²) in [6.07, 6.45) is 2.05. The molecule has 1 N–H and O–H groups in total. The van der Waals surface area contributed by atoms with E-state index in [2.05, 4.69) is 47.1 Å². The van der Waals surface area contributed by atoms with Crippen LogP contribution in [0.15, 0.2) is 66.9 Å². The Labute approximate surface area is 178 Å². The van der Waals surface area contributed by atoms with Gasteiger partial charge in [0.25, 0.3) is 0 Å². The number of carbonyl (C=O) groups is 1. The average Bonchev–Trinajstić information content (AvgIpc) is 3.19. The topological polar surface area (TPSA) is 55.7 Å². The van der Waals surface area contributed by atoms with Crippen LogP contribution in [-0.4, -0.2) is 42.9 Å². The van der Waals surface area contributed by atoms with E-state index in [1.165, 1.54) is 11.1 Å². The molecular weight excluding hydrogens is 378 g/mol. The number of benzene rings is 2. The van der Waals surface area contributed by atoms with Crippen LogP contribution in [0.3, 0.4) is 0 Å². The van der Waals surface area contributed by atoms with Gasteiger partial charge in [0, 0.05) is 37.8 Å². The Morgan fingerprint density at radius 2 is 1.77 bits per heavy atom. The summed E-state index contributed by atoms with van der Waals surface area (Å²) in [5, 5.41) is 2.96. The molecule has 0 saturated carbocycles. The van der Waals surface area contributed by atoms with Crippen molar-refractivity contribution < 1.29 is 14.3 Å². The van der Waals surface area contributed by atoms with Gasteiger partial charge < -0.3 is 24.3 Å². The lowest BCUT2D eigenvalue weighted by molar-refractivity contribution is 0.152. The van der Waals surface area contributed by atoms with Gasteiger partial charge in [-0.05, 0) is 48.9 Å². The van der Waals surface area contributed by atoms with Gasteiger partial charge in [0.05, 0.1) is 20.3 Å². The van der Waals surface area contributed by atoms with Crippen LogP contribution in [0.4, 0.5) is 10.5 Å². The van der Waals surface area contributed by atoms with Crippen LogP contribution in [0, 0.1) is 6.92 Å². The molecule has 3 rings (SSSR count). The first-order valence-electron chi connectivity index (χ1n) is 9.97. The molecule has 158 valence electrons. The van der Waals surface area contributed by atoms with Crippen LogP contribution in [0.1, 0.15) is 16.8 Å². The largest absolute Gasteiger partial charge is 0.497 e. The molecule has 2 aromatic carbocycles. The number of aryl methyl sites for hydroxylation is 1. The minimum absolute atomic E-state index is 0.166. The Bertz CT molecular complexity index is 933. The van der Waals surface area contributed by atoms with Gasteiger partial charge in [-0.1, -0.05) is 29.8 Å². The van der Waals surface area contributed by atoms with Crippen LogP contribution >= 0.6 is 0 Å². The molecule has 0 aliphatic carbocycles. The summed E-state index contributed by atoms with van der Waals surface area (Å²) in [5.41, 5.74) is 4.26. The lowest BCUT2D eigenvalue weighted by atomic mass is 10.1. The highest BCUT2D eigenvalue weighted by molar-refractivity contribution is 5.89. The zero-order chi connectivity index (χ0) is 21.3. The summed E-state index contributed by atoms with van der Waals surface area (Å²) in [4.78, 5) is 14.7. The highest BCUT2D eigenvalue weighted by Gasteiger charge is 2.16. The third-order valence-corrected chi connectivity index (χ3v) is 4.94. The van der Waals surface area contributed by atoms with Gasteiger partial charge in [-0.25, -0.2) is 4.79 Å². The van der Waals surface area contributed by atoms with E-state index in [0.717, 1.165) is 23.7 Å². The SMILES string of the molecule is COCCN(Cc1cccn1Cc1ccc(C)cc1)C(=O)Nc1ccc(OC)cc1. The maximum absolute atomic E-state index is 12.9. The molecule has 6 heteroatoms. The number of hydrogen-bond donors (Lipinski definition) is 1. The van der Waals surface area contributed by atoms with Crippen molar-refractivity contribution in [3.63, 3.8) is 0 Å². The van der Waals surface area contributed by atoms with Gasteiger partial charge in [-0.15, -0.1) is 0 Å². The number of amides is 2. The van der Waals surface area contributed by atoms with Crippen molar-refractivity contribution in [2.24, 2.45) is 0 Å². The fourth-order valence-corrected chi connectivity index (χ4v) is 3.16. The summed E-state index contributed by atoms with van der Waals surface area (Å²) in [5.74, 6) is 0.748. The maximum atomic E-state index is 12.9. The number of aromatic nitrogens is 1. The molecule has 0 saturated heterocycles. The van der Waals surface area contributed by atoms with Crippen LogP contribution in [0.2, 0.25) is 0 Å². The van der Waals surface area contributed by atoms with Gasteiger partial charge in [0.1, 0.15) is 5.75 Å². The molecule has 30 heavy (non-hydrogen) atoms. The summed E-state index contributed by atoms with van der Waals surface area (Å²) in [6.45, 7) is 4.30. The fourth-order valence-electron chi connectivity index (χ4n) is 3.16. The highest BCUT2D eigenvalue weighted by atomic mass is 16.5. The molecule has 1 aromatic heterocycles. The number of anilines is 1. The van der Waals surface area contributed by atoms with E-state index >= 15 is 0 Å². The molecule has 3 aromatic rings. The zero-order valence-corrected chi connectivity index (χ0v) is 17.8. The molecule has 0 radical (unpaired) electrons. The van der Waals surface area contributed by atoms with Gasteiger partial charge in [-0.3, -0.25) is 0 Å². The Balaban J connectivity index is 1.70. The number of urea groups is 1. The first-order valence-corrected chi connectivity index (χ1v) is 9.97. The van der Waals surface area contributed by atoms with Crippen molar-refractivity contribution in [3.05, 3.63) is 83.7 Å². The number of methoxy groups -OCH3 is 2. The predicted octanol–water partition coefficient (Wildman–Crippen LogP) is 4.53. The Hall–Kier alpha value is -3.25.